The minimum atomic E-state index is -2.46. The molecule has 3 fully saturated rings. The number of carbonyl (C=O) groups excluding carboxylic acids is 7. The Kier molecular flexibility index (Phi) is 25.1. The zero-order chi connectivity index (χ0) is 54.2. The number of fused-ring (bicyclic) bond motifs is 3. The van der Waals surface area contributed by atoms with Gasteiger partial charge in [-0.2, -0.15) is 0 Å². The van der Waals surface area contributed by atoms with Crippen LogP contribution in [-0.2, 0) is 57.2 Å². The van der Waals surface area contributed by atoms with Crippen molar-refractivity contribution in [3.05, 3.63) is 47.6 Å². The molecule has 17 nitrogen and oxygen atoms in total. The molecule has 2 amide bonds. The summed E-state index contributed by atoms with van der Waals surface area (Å²) in [6.45, 7) is 12.2. The third-order valence-corrected chi connectivity index (χ3v) is 16.0. The number of amides is 2. The maximum atomic E-state index is 14.5. The van der Waals surface area contributed by atoms with Crippen LogP contribution >= 0.6 is 22.5 Å². The van der Waals surface area contributed by atoms with Gasteiger partial charge in [0.15, 0.2) is 5.78 Å². The second-order valence-electron chi connectivity index (χ2n) is 20.8. The maximum absolute atomic E-state index is 14.5. The Labute approximate surface area is 441 Å². The van der Waals surface area contributed by atoms with E-state index in [4.69, 9.17) is 28.4 Å². The van der Waals surface area contributed by atoms with Gasteiger partial charge in [0.1, 0.15) is 42.8 Å². The molecule has 1 saturated carbocycles. The van der Waals surface area contributed by atoms with Crippen molar-refractivity contribution >= 4 is 62.9 Å². The molecule has 0 radical (unpaired) electrons. The SMILES string of the molecule is CO[C@H]1C[C@@H]2CC[C@@H](C)[C@@](O)(O2)C(=O)C(=O)N2CCCC[C@H]2C(=O)O[C@H]([C@H](C)C[C@@H]2CC[C@@H](OC(=O)CNC(=O)SS)[C@H](OC)C2)CC(=O)[C@H](C)/C=C(\C)[C@@H](O)[C@@H](OC)C(=O)[C@H](C)C[C@H](C)/C=C/C=CC=C1C. The van der Waals surface area contributed by atoms with Crippen LogP contribution in [0.25, 0.3) is 0 Å². The van der Waals surface area contributed by atoms with Crippen LogP contribution in [0.1, 0.15) is 126 Å². The fourth-order valence-corrected chi connectivity index (χ4v) is 11.0. The fraction of sp³-hybridized carbons (Fsp3) is 0.722. The van der Waals surface area contributed by atoms with Gasteiger partial charge in [-0.1, -0.05) is 71.1 Å². The van der Waals surface area contributed by atoms with Crippen molar-refractivity contribution in [2.75, 3.05) is 34.4 Å². The number of allylic oxidation sites excluding steroid dienone is 6. The van der Waals surface area contributed by atoms with Gasteiger partial charge < -0.3 is 48.9 Å². The molecule has 73 heavy (non-hydrogen) atoms. The first-order valence-electron chi connectivity index (χ1n) is 25.9. The van der Waals surface area contributed by atoms with Gasteiger partial charge in [0.2, 0.25) is 5.79 Å². The van der Waals surface area contributed by atoms with Gasteiger partial charge in [-0.05, 0) is 107 Å². The van der Waals surface area contributed by atoms with Crippen LogP contribution in [0.3, 0.4) is 0 Å². The largest absolute Gasteiger partial charge is 0.460 e. The summed E-state index contributed by atoms with van der Waals surface area (Å²) >= 11 is 3.83. The molecule has 0 aromatic heterocycles. The number of carbonyl (C=O) groups is 7. The summed E-state index contributed by atoms with van der Waals surface area (Å²) < 4.78 is 35.3. The van der Waals surface area contributed by atoms with Crippen LogP contribution in [0, 0.1) is 35.5 Å². The fourth-order valence-electron chi connectivity index (χ4n) is 10.6. The number of aliphatic hydroxyl groups excluding tert-OH is 1. The van der Waals surface area contributed by atoms with E-state index in [0.29, 0.717) is 80.6 Å². The Morgan fingerprint density at radius 2 is 1.63 bits per heavy atom. The number of aliphatic hydroxyl groups is 2. The summed E-state index contributed by atoms with van der Waals surface area (Å²) in [7, 11) is 5.09. The highest BCUT2D eigenvalue weighted by Gasteiger charge is 2.53. The number of esters is 2. The highest BCUT2D eigenvalue weighted by molar-refractivity contribution is 8.74. The first-order chi connectivity index (χ1) is 34.6. The van der Waals surface area contributed by atoms with E-state index in [1.807, 2.05) is 51.2 Å². The number of hydrogen-bond donors (Lipinski definition) is 4. The van der Waals surface area contributed by atoms with Crippen LogP contribution < -0.4 is 5.32 Å². The number of piperidine rings is 1. The van der Waals surface area contributed by atoms with E-state index in [2.05, 4.69) is 17.0 Å². The van der Waals surface area contributed by atoms with Gasteiger partial charge >= 0.3 is 11.9 Å². The molecular weight excluding hydrogens is 981 g/mol. The third kappa shape index (κ3) is 17.4. The molecule has 2 saturated heterocycles. The van der Waals surface area contributed by atoms with Gasteiger partial charge in [-0.3, -0.25) is 28.8 Å². The number of ketones is 3. The molecule has 3 N–H and O–H groups in total. The lowest BCUT2D eigenvalue weighted by atomic mass is 9.78. The predicted octanol–water partition coefficient (Wildman–Crippen LogP) is 7.02. The van der Waals surface area contributed by atoms with Crippen molar-refractivity contribution in [3.63, 3.8) is 0 Å². The number of hydrogen-bond acceptors (Lipinski definition) is 17. The molecule has 3 aliphatic heterocycles. The van der Waals surface area contributed by atoms with Crippen molar-refractivity contribution in [2.24, 2.45) is 35.5 Å². The number of methoxy groups -OCH3 is 3. The lowest BCUT2D eigenvalue weighted by Gasteiger charge is -2.42. The van der Waals surface area contributed by atoms with E-state index in [1.54, 1.807) is 40.9 Å². The van der Waals surface area contributed by atoms with Crippen LogP contribution in [0.15, 0.2) is 47.6 Å². The molecule has 410 valence electrons. The van der Waals surface area contributed by atoms with Gasteiger partial charge in [-0.15, -0.1) is 11.7 Å². The van der Waals surface area contributed by atoms with Gasteiger partial charge in [-0.25, -0.2) is 4.79 Å². The summed E-state index contributed by atoms with van der Waals surface area (Å²) in [4.78, 5) is 96.6. The van der Waals surface area contributed by atoms with E-state index in [1.165, 1.54) is 14.2 Å². The quantitative estimate of drug-likeness (QED) is 0.0598. The maximum Gasteiger partial charge on any atom is 0.329 e. The molecule has 2 bridgehead atoms. The Hall–Kier alpha value is -3.69. The molecule has 0 spiro atoms. The van der Waals surface area contributed by atoms with Crippen molar-refractivity contribution < 1.29 is 72.2 Å². The average molecular weight is 1060 g/mol. The Bertz CT molecular complexity index is 2040. The number of nitrogens with one attached hydrogen (secondary N) is 1. The third-order valence-electron chi connectivity index (χ3n) is 15.2. The Morgan fingerprint density at radius 1 is 0.904 bits per heavy atom. The monoisotopic (exact) mass is 1060 g/mol. The molecule has 0 unspecified atom stereocenters. The van der Waals surface area contributed by atoms with E-state index in [9.17, 15) is 43.8 Å². The van der Waals surface area contributed by atoms with Crippen molar-refractivity contribution in [2.45, 2.75) is 180 Å². The Balaban J connectivity index is 1.68. The molecule has 0 aromatic carbocycles. The topological polar surface area (TPSA) is 231 Å². The van der Waals surface area contributed by atoms with Gasteiger partial charge in [0.05, 0.1) is 18.3 Å². The molecule has 19 heteroatoms. The lowest BCUT2D eigenvalue weighted by molar-refractivity contribution is -0.265. The molecule has 15 atom stereocenters. The standard InChI is InChI=1S/C54H82N2O15S2/c1-31-16-12-11-13-17-32(2)43(66-8)28-39-21-19-37(7)54(65,71-39)50(61)51(62)56-23-15-14-18-40(56)52(63)70-44(29-41(57)33(3)25-36(6)48(60)49(68-10)47(59)35(5)24-31)34(4)26-38-20-22-42(45(27-38)67-9)69-46(58)30-55-53(64)73-72/h11-13,16-17,25,31,33-35,37-40,42-45,48-49,60,65,72H,14-15,18-24,26-30H2,1-10H3,(H,55,64)/b13-11?,16-12+,32-17?,36-25+/t31-,33-,34-,35-,37-,38+,39+,40+,42-,43+,44+,45-,48-,49+,54-/m1/s1. The Morgan fingerprint density at radius 3 is 2.30 bits per heavy atom. The van der Waals surface area contributed by atoms with E-state index >= 15 is 0 Å². The van der Waals surface area contributed by atoms with E-state index in [0.717, 1.165) is 10.5 Å². The number of nitrogens with zero attached hydrogens (tertiary/aromatic N) is 1. The number of ether oxygens (including phenoxy) is 6. The van der Waals surface area contributed by atoms with E-state index < -0.39 is 107 Å². The summed E-state index contributed by atoms with van der Waals surface area (Å²) in [5.74, 6) is -9.15. The second-order valence-corrected chi connectivity index (χ2v) is 21.9. The van der Waals surface area contributed by atoms with Crippen molar-refractivity contribution in [3.8, 4) is 0 Å². The van der Waals surface area contributed by atoms with Crippen LogP contribution in [0.5, 0.6) is 0 Å². The number of rotatable bonds is 9. The minimum Gasteiger partial charge on any atom is -0.460 e. The van der Waals surface area contributed by atoms with Crippen molar-refractivity contribution in [1.29, 1.82) is 0 Å². The summed E-state index contributed by atoms with van der Waals surface area (Å²) in [5.41, 5.74) is 1.22. The summed E-state index contributed by atoms with van der Waals surface area (Å²) in [6.07, 6.45) is 10.1. The summed E-state index contributed by atoms with van der Waals surface area (Å²) in [5, 5.41) is 25.4. The first-order valence-corrected chi connectivity index (χ1v) is 27.7. The normalized spacial score (nSPS) is 35.9. The van der Waals surface area contributed by atoms with E-state index in [-0.39, 0.29) is 49.3 Å². The molecule has 3 heterocycles. The molecular formula is C54H82N2O15S2. The van der Waals surface area contributed by atoms with Gasteiger partial charge in [0.25, 0.3) is 16.9 Å². The van der Waals surface area contributed by atoms with Crippen LogP contribution in [0.2, 0.25) is 0 Å². The second kappa shape index (κ2) is 29.6. The minimum absolute atomic E-state index is 0.00459. The molecule has 1 aliphatic carbocycles. The highest BCUT2D eigenvalue weighted by Crippen LogP contribution is 2.38. The average Bonchev–Trinajstić information content (AvgIpc) is 3.37. The summed E-state index contributed by atoms with van der Waals surface area (Å²) in [6, 6.07) is -1.19. The lowest BCUT2D eigenvalue weighted by Crippen LogP contribution is -2.61. The van der Waals surface area contributed by atoms with Crippen molar-refractivity contribution in [1.82, 2.24) is 10.2 Å². The number of Topliss-reactive ketones (excluding diaryl/α,β-unsaturated/α-hetero) is 3. The molecule has 4 aliphatic rings. The van der Waals surface area contributed by atoms with Crippen LogP contribution in [0.4, 0.5) is 4.79 Å². The zero-order valence-corrected chi connectivity index (χ0v) is 46.2. The first kappa shape index (κ1) is 61.9. The number of cyclic esters (lactones) is 1. The van der Waals surface area contributed by atoms with Crippen LogP contribution in [-0.4, -0.2) is 145 Å². The highest BCUT2D eigenvalue weighted by atomic mass is 33.1. The zero-order valence-electron chi connectivity index (χ0n) is 44.5. The number of thiol groups is 1. The smallest absolute Gasteiger partial charge is 0.329 e. The molecule has 4 rings (SSSR count). The van der Waals surface area contributed by atoms with Gasteiger partial charge in [0, 0.05) is 69.3 Å². The molecule has 0 aromatic rings. The predicted molar refractivity (Wildman–Crippen MR) is 279 cm³/mol.